The smallest absolute Gasteiger partial charge is 0.405 e. The SMILES string of the molecule is CC(C)(C)[Si](OC[C@H]1O[C@@H](n2cc(C#CCNC(=O)C(F)(F)F)c(=O)[nH]c2=O)C[C@@H]1OCC(S)S)(c1ccccc1)c1ccccc1. The van der Waals surface area contributed by atoms with Crippen LogP contribution in [0.15, 0.2) is 76.4 Å². The van der Waals surface area contributed by atoms with E-state index in [1.165, 1.54) is 6.20 Å². The molecule has 0 spiro atoms. The largest absolute Gasteiger partial charge is 0.471 e. The number of H-pyrrole nitrogens is 1. The van der Waals surface area contributed by atoms with Crippen molar-refractivity contribution in [1.82, 2.24) is 14.9 Å². The molecule has 252 valence electrons. The highest BCUT2D eigenvalue weighted by atomic mass is 32.2. The number of nitrogens with one attached hydrogen (secondary N) is 2. The summed E-state index contributed by atoms with van der Waals surface area (Å²) in [6.07, 6.45) is -5.79. The number of rotatable bonds is 10. The van der Waals surface area contributed by atoms with Gasteiger partial charge in [0.1, 0.15) is 17.9 Å². The van der Waals surface area contributed by atoms with Gasteiger partial charge in [0, 0.05) is 12.6 Å². The van der Waals surface area contributed by atoms with Gasteiger partial charge in [-0.05, 0) is 15.4 Å². The number of hydrogen-bond acceptors (Lipinski definition) is 8. The van der Waals surface area contributed by atoms with Crippen molar-refractivity contribution in [2.24, 2.45) is 0 Å². The van der Waals surface area contributed by atoms with Crippen LogP contribution >= 0.6 is 25.3 Å². The molecule has 15 heteroatoms. The lowest BCUT2D eigenvalue weighted by Gasteiger charge is -2.43. The van der Waals surface area contributed by atoms with E-state index in [2.05, 4.69) is 87.1 Å². The molecule has 0 unspecified atom stereocenters. The topological polar surface area (TPSA) is 112 Å². The number of halogens is 3. The molecule has 4 rings (SSSR count). The number of alkyl halides is 3. The molecule has 1 aliphatic rings. The number of thiol groups is 2. The van der Waals surface area contributed by atoms with E-state index < -0.39 is 56.6 Å². The fourth-order valence-electron chi connectivity index (χ4n) is 5.53. The molecule has 2 N–H and O–H groups in total. The minimum absolute atomic E-state index is 0.113. The van der Waals surface area contributed by atoms with Gasteiger partial charge in [-0.25, -0.2) is 4.79 Å². The average Bonchev–Trinajstić information content (AvgIpc) is 3.42. The summed E-state index contributed by atoms with van der Waals surface area (Å²) < 4.78 is 57.7. The van der Waals surface area contributed by atoms with Crippen molar-refractivity contribution in [3.63, 3.8) is 0 Å². The Balaban J connectivity index is 1.64. The lowest BCUT2D eigenvalue weighted by Crippen LogP contribution is -2.67. The van der Waals surface area contributed by atoms with Crippen molar-refractivity contribution in [1.29, 1.82) is 0 Å². The van der Waals surface area contributed by atoms with Crippen molar-refractivity contribution in [3.8, 4) is 11.8 Å². The number of aromatic amines is 1. The third kappa shape index (κ3) is 8.81. The van der Waals surface area contributed by atoms with Crippen LogP contribution in [0, 0.1) is 11.8 Å². The predicted octanol–water partition coefficient (Wildman–Crippen LogP) is 3.00. The van der Waals surface area contributed by atoms with Crippen molar-refractivity contribution in [2.75, 3.05) is 19.8 Å². The van der Waals surface area contributed by atoms with Gasteiger partial charge in [0.2, 0.25) is 0 Å². The van der Waals surface area contributed by atoms with E-state index in [1.54, 1.807) is 5.32 Å². The monoisotopic (exact) mass is 707 g/mol. The van der Waals surface area contributed by atoms with Crippen molar-refractivity contribution in [3.05, 3.63) is 93.3 Å². The van der Waals surface area contributed by atoms with E-state index in [-0.39, 0.29) is 34.8 Å². The van der Waals surface area contributed by atoms with Crippen molar-refractivity contribution < 1.29 is 31.9 Å². The number of nitrogens with zero attached hydrogens (tertiary/aromatic N) is 1. The van der Waals surface area contributed by atoms with Crippen LogP contribution in [0.25, 0.3) is 0 Å². The lowest BCUT2D eigenvalue weighted by molar-refractivity contribution is -0.173. The number of benzene rings is 2. The maximum absolute atomic E-state index is 12.9. The molecular formula is C32H36F3N3O6S2Si. The molecule has 47 heavy (non-hydrogen) atoms. The molecule has 0 radical (unpaired) electrons. The molecular weight excluding hydrogens is 672 g/mol. The highest BCUT2D eigenvalue weighted by Crippen LogP contribution is 2.38. The summed E-state index contributed by atoms with van der Waals surface area (Å²) in [7, 11) is -2.96. The second kappa shape index (κ2) is 15.3. The summed E-state index contributed by atoms with van der Waals surface area (Å²) in [5.41, 5.74) is -1.82. The third-order valence-corrected chi connectivity index (χ3v) is 12.9. The molecule has 1 amide bonds. The van der Waals surface area contributed by atoms with E-state index in [0.29, 0.717) is 0 Å². The van der Waals surface area contributed by atoms with Crippen LogP contribution in [0.3, 0.4) is 0 Å². The molecule has 0 saturated carbocycles. The number of carbonyl (C=O) groups excluding carboxylic acids is 1. The number of amides is 1. The summed E-state index contributed by atoms with van der Waals surface area (Å²) in [5.74, 6) is 2.55. The summed E-state index contributed by atoms with van der Waals surface area (Å²) in [5, 5.41) is 3.44. The maximum Gasteiger partial charge on any atom is 0.471 e. The Hall–Kier alpha value is -3.26. The van der Waals surface area contributed by atoms with Gasteiger partial charge in [0.15, 0.2) is 0 Å². The fraction of sp³-hybridized carbons (Fsp3) is 0.406. The second-order valence-corrected chi connectivity index (χ2v) is 17.8. The Morgan fingerprint density at radius 2 is 1.68 bits per heavy atom. The van der Waals surface area contributed by atoms with E-state index in [1.807, 2.05) is 36.4 Å². The number of ether oxygens (including phenoxy) is 2. The van der Waals surface area contributed by atoms with Gasteiger partial charge in [0.25, 0.3) is 13.9 Å². The van der Waals surface area contributed by atoms with Crippen LogP contribution in [0.4, 0.5) is 13.2 Å². The zero-order valence-electron chi connectivity index (χ0n) is 25.9. The molecule has 1 aliphatic heterocycles. The van der Waals surface area contributed by atoms with Crippen LogP contribution < -0.4 is 26.9 Å². The normalized spacial score (nSPS) is 18.5. The fourth-order valence-corrected chi connectivity index (χ4v) is 10.3. The minimum atomic E-state index is -5.07. The molecule has 2 heterocycles. The van der Waals surface area contributed by atoms with Gasteiger partial charge in [-0.2, -0.15) is 38.4 Å². The van der Waals surface area contributed by atoms with E-state index in [4.69, 9.17) is 13.9 Å². The Kier molecular flexibility index (Phi) is 11.9. The van der Waals surface area contributed by atoms with E-state index in [0.717, 1.165) is 14.9 Å². The third-order valence-electron chi connectivity index (χ3n) is 7.62. The van der Waals surface area contributed by atoms with Gasteiger partial charge in [-0.1, -0.05) is 93.3 Å². The highest BCUT2D eigenvalue weighted by molar-refractivity contribution is 7.99. The molecule has 3 aromatic rings. The van der Waals surface area contributed by atoms with Crippen LogP contribution in [0.2, 0.25) is 5.04 Å². The zero-order valence-corrected chi connectivity index (χ0v) is 28.7. The minimum Gasteiger partial charge on any atom is -0.405 e. The summed E-state index contributed by atoms with van der Waals surface area (Å²) >= 11 is 8.62. The Morgan fingerprint density at radius 1 is 1.09 bits per heavy atom. The molecule has 1 aromatic heterocycles. The maximum atomic E-state index is 12.9. The predicted molar refractivity (Wildman–Crippen MR) is 181 cm³/mol. The molecule has 1 saturated heterocycles. The molecule has 2 aromatic carbocycles. The Labute approximate surface area is 282 Å². The Bertz CT molecular complexity index is 1660. The van der Waals surface area contributed by atoms with Crippen LogP contribution in [0.5, 0.6) is 0 Å². The van der Waals surface area contributed by atoms with Crippen LogP contribution in [-0.2, 0) is 18.7 Å². The van der Waals surface area contributed by atoms with Gasteiger partial charge in [0.05, 0.1) is 30.4 Å². The van der Waals surface area contributed by atoms with Crippen molar-refractivity contribution >= 4 is 49.9 Å². The van der Waals surface area contributed by atoms with Gasteiger partial charge >= 0.3 is 17.8 Å². The number of hydrogen-bond donors (Lipinski definition) is 4. The first-order valence-electron chi connectivity index (χ1n) is 14.7. The van der Waals surface area contributed by atoms with Gasteiger partial charge in [-0.3, -0.25) is 19.1 Å². The van der Waals surface area contributed by atoms with Crippen LogP contribution in [-0.4, -0.2) is 66.5 Å². The first kappa shape index (κ1) is 36.6. The first-order valence-corrected chi connectivity index (χ1v) is 17.6. The Morgan fingerprint density at radius 3 is 2.21 bits per heavy atom. The molecule has 1 fully saturated rings. The second-order valence-electron chi connectivity index (χ2n) is 11.9. The molecule has 3 atom stereocenters. The summed E-state index contributed by atoms with van der Waals surface area (Å²) in [4.78, 5) is 38.6. The first-order chi connectivity index (χ1) is 22.1. The molecule has 9 nitrogen and oxygen atoms in total. The van der Waals surface area contributed by atoms with Gasteiger partial charge in [-0.15, -0.1) is 0 Å². The molecule has 0 bridgehead atoms. The van der Waals surface area contributed by atoms with E-state index in [9.17, 15) is 27.6 Å². The standard InChI is InChI=1S/C32H36F3N3O6S2Si/c1-31(2,3)47(22-12-6-4-7-13-22,23-14-8-5-9-15-23)43-19-25-24(42-20-27(45)46)17-26(44-25)38-18-21(28(39)37-30(38)41)11-10-16-36-29(40)32(33,34)35/h4-9,12-15,18,24-27,45-46H,16-17,19-20H2,1-3H3,(H,36,40)(H,37,39,41)/t24-,25+,26+/m0/s1. The highest BCUT2D eigenvalue weighted by Gasteiger charge is 2.51. The average molecular weight is 708 g/mol. The molecule has 0 aliphatic carbocycles. The summed E-state index contributed by atoms with van der Waals surface area (Å²) in [6, 6.07) is 20.1. The lowest BCUT2D eigenvalue weighted by atomic mass is 10.2. The summed E-state index contributed by atoms with van der Waals surface area (Å²) in [6.45, 7) is 6.06. The number of aromatic nitrogens is 2. The zero-order chi connectivity index (χ0) is 34.4. The van der Waals surface area contributed by atoms with E-state index >= 15 is 0 Å². The van der Waals surface area contributed by atoms with Crippen LogP contribution in [0.1, 0.15) is 39.0 Å². The quantitative estimate of drug-likeness (QED) is 0.112. The van der Waals surface area contributed by atoms with Crippen molar-refractivity contribution in [2.45, 2.75) is 61.4 Å². The number of carbonyl (C=O) groups is 1. The van der Waals surface area contributed by atoms with Gasteiger partial charge < -0.3 is 19.2 Å².